The number of hydrogen-bond acceptors (Lipinski definition) is 3. The van der Waals surface area contributed by atoms with Gasteiger partial charge in [0.15, 0.2) is 5.15 Å². The highest BCUT2D eigenvalue weighted by atomic mass is 35.5. The maximum atomic E-state index is 5.68. The van der Waals surface area contributed by atoms with Gasteiger partial charge in [-0.1, -0.05) is 18.5 Å². The zero-order valence-electron chi connectivity index (χ0n) is 9.10. The second-order valence-electron chi connectivity index (χ2n) is 3.56. The maximum Gasteiger partial charge on any atom is 0.151 e. The van der Waals surface area contributed by atoms with Gasteiger partial charge in [0.2, 0.25) is 0 Å². The number of imidazole rings is 1. The van der Waals surface area contributed by atoms with E-state index in [2.05, 4.69) is 26.7 Å². The Morgan fingerprint density at radius 1 is 1.31 bits per heavy atom. The van der Waals surface area contributed by atoms with Crippen molar-refractivity contribution >= 4 is 11.6 Å². The molecule has 0 aliphatic carbocycles. The standard InChI is InChI=1S/C11H13ClN4/c1-2-6-16-7-5-13-11(16)8-9-3-4-10(12)15-14-9/h3-5,7H,2,6,8H2,1H3. The van der Waals surface area contributed by atoms with Gasteiger partial charge in [-0.3, -0.25) is 0 Å². The Morgan fingerprint density at radius 2 is 2.19 bits per heavy atom. The fourth-order valence-corrected chi connectivity index (χ4v) is 1.65. The Morgan fingerprint density at radius 3 is 2.88 bits per heavy atom. The molecule has 0 bridgehead atoms. The third kappa shape index (κ3) is 2.58. The summed E-state index contributed by atoms with van der Waals surface area (Å²) in [5.41, 5.74) is 0.882. The molecular weight excluding hydrogens is 224 g/mol. The quantitative estimate of drug-likeness (QED) is 0.818. The van der Waals surface area contributed by atoms with Gasteiger partial charge in [0.25, 0.3) is 0 Å². The SMILES string of the molecule is CCCn1ccnc1Cc1ccc(Cl)nn1. The van der Waals surface area contributed by atoms with Crippen LogP contribution < -0.4 is 0 Å². The summed E-state index contributed by atoms with van der Waals surface area (Å²) in [7, 11) is 0. The molecule has 0 atom stereocenters. The van der Waals surface area contributed by atoms with Crippen molar-refractivity contribution < 1.29 is 0 Å². The number of hydrogen-bond donors (Lipinski definition) is 0. The third-order valence-electron chi connectivity index (χ3n) is 2.29. The van der Waals surface area contributed by atoms with E-state index in [0.717, 1.165) is 24.5 Å². The molecule has 2 aromatic heterocycles. The van der Waals surface area contributed by atoms with E-state index in [9.17, 15) is 0 Å². The molecule has 0 aliphatic rings. The minimum atomic E-state index is 0.417. The Bertz CT molecular complexity index is 449. The van der Waals surface area contributed by atoms with Gasteiger partial charge >= 0.3 is 0 Å². The van der Waals surface area contributed by atoms with Crippen molar-refractivity contribution in [1.29, 1.82) is 0 Å². The van der Waals surface area contributed by atoms with E-state index in [0.29, 0.717) is 11.6 Å². The number of aryl methyl sites for hydroxylation is 1. The summed E-state index contributed by atoms with van der Waals surface area (Å²) in [4.78, 5) is 4.31. The van der Waals surface area contributed by atoms with Crippen molar-refractivity contribution in [2.75, 3.05) is 0 Å². The molecule has 16 heavy (non-hydrogen) atoms. The molecule has 0 unspecified atom stereocenters. The van der Waals surface area contributed by atoms with Gasteiger partial charge in [-0.2, -0.15) is 5.10 Å². The van der Waals surface area contributed by atoms with Crippen LogP contribution in [0, 0.1) is 0 Å². The topological polar surface area (TPSA) is 43.6 Å². The largest absolute Gasteiger partial charge is 0.335 e. The molecule has 0 aliphatic heterocycles. The van der Waals surface area contributed by atoms with Gasteiger partial charge in [0, 0.05) is 18.9 Å². The minimum Gasteiger partial charge on any atom is -0.335 e. The van der Waals surface area contributed by atoms with Crippen LogP contribution >= 0.6 is 11.6 Å². The summed E-state index contributed by atoms with van der Waals surface area (Å²) in [5, 5.41) is 8.25. The van der Waals surface area contributed by atoms with Crippen LogP contribution in [0.5, 0.6) is 0 Å². The normalized spacial score (nSPS) is 10.6. The van der Waals surface area contributed by atoms with Gasteiger partial charge in [-0.25, -0.2) is 4.98 Å². The molecule has 0 spiro atoms. The first kappa shape index (κ1) is 11.1. The lowest BCUT2D eigenvalue weighted by molar-refractivity contribution is 0.643. The Labute approximate surface area is 99.3 Å². The van der Waals surface area contributed by atoms with Gasteiger partial charge in [-0.15, -0.1) is 5.10 Å². The molecule has 2 heterocycles. The molecule has 5 heteroatoms. The highest BCUT2D eigenvalue weighted by Crippen LogP contribution is 2.08. The van der Waals surface area contributed by atoms with Gasteiger partial charge in [0.1, 0.15) is 5.82 Å². The molecule has 0 saturated heterocycles. The first-order chi connectivity index (χ1) is 7.79. The predicted molar refractivity (Wildman–Crippen MR) is 62.4 cm³/mol. The van der Waals surface area contributed by atoms with E-state index in [-0.39, 0.29) is 0 Å². The van der Waals surface area contributed by atoms with Crippen molar-refractivity contribution in [2.24, 2.45) is 0 Å². The number of halogens is 1. The van der Waals surface area contributed by atoms with E-state index in [1.54, 1.807) is 6.07 Å². The van der Waals surface area contributed by atoms with Crippen LogP contribution in [0.4, 0.5) is 0 Å². The Kier molecular flexibility index (Phi) is 3.51. The second kappa shape index (κ2) is 5.07. The summed E-state index contributed by atoms with van der Waals surface area (Å²) in [6.45, 7) is 3.13. The summed E-state index contributed by atoms with van der Waals surface area (Å²) in [6, 6.07) is 3.62. The average molecular weight is 237 g/mol. The van der Waals surface area contributed by atoms with Crippen LogP contribution in [0.25, 0.3) is 0 Å². The van der Waals surface area contributed by atoms with Crippen LogP contribution in [0.2, 0.25) is 5.15 Å². The molecule has 84 valence electrons. The molecule has 0 saturated carbocycles. The van der Waals surface area contributed by atoms with E-state index in [1.807, 2.05) is 18.5 Å². The van der Waals surface area contributed by atoms with E-state index >= 15 is 0 Å². The first-order valence-electron chi connectivity index (χ1n) is 5.27. The summed E-state index contributed by atoms with van der Waals surface area (Å²) in [5.74, 6) is 1.01. The Balaban J connectivity index is 2.13. The summed E-state index contributed by atoms with van der Waals surface area (Å²) in [6.07, 6.45) is 5.59. The van der Waals surface area contributed by atoms with Crippen molar-refractivity contribution in [2.45, 2.75) is 26.3 Å². The first-order valence-corrected chi connectivity index (χ1v) is 5.65. The monoisotopic (exact) mass is 236 g/mol. The van der Waals surface area contributed by atoms with Crippen LogP contribution in [-0.4, -0.2) is 19.7 Å². The van der Waals surface area contributed by atoms with Gasteiger partial charge in [0.05, 0.1) is 12.1 Å². The lowest BCUT2D eigenvalue weighted by Gasteiger charge is -2.05. The van der Waals surface area contributed by atoms with Crippen molar-refractivity contribution in [1.82, 2.24) is 19.7 Å². The van der Waals surface area contributed by atoms with Crippen LogP contribution in [0.15, 0.2) is 24.5 Å². The van der Waals surface area contributed by atoms with Gasteiger partial charge in [-0.05, 0) is 18.6 Å². The molecule has 0 N–H and O–H groups in total. The van der Waals surface area contributed by atoms with Crippen LogP contribution in [-0.2, 0) is 13.0 Å². The molecule has 0 fully saturated rings. The minimum absolute atomic E-state index is 0.417. The van der Waals surface area contributed by atoms with Crippen molar-refractivity contribution in [3.8, 4) is 0 Å². The Hall–Kier alpha value is -1.42. The van der Waals surface area contributed by atoms with Crippen LogP contribution in [0.3, 0.4) is 0 Å². The lowest BCUT2D eigenvalue weighted by atomic mass is 10.3. The number of rotatable bonds is 4. The molecule has 4 nitrogen and oxygen atoms in total. The molecule has 0 radical (unpaired) electrons. The predicted octanol–water partition coefficient (Wildman–Crippen LogP) is 2.33. The van der Waals surface area contributed by atoms with Crippen molar-refractivity contribution in [3.63, 3.8) is 0 Å². The number of aromatic nitrogens is 4. The molecule has 0 amide bonds. The lowest BCUT2D eigenvalue weighted by Crippen LogP contribution is -2.04. The van der Waals surface area contributed by atoms with Crippen LogP contribution in [0.1, 0.15) is 24.9 Å². The maximum absolute atomic E-state index is 5.68. The fraction of sp³-hybridized carbons (Fsp3) is 0.364. The molecule has 0 aromatic carbocycles. The summed E-state index contributed by atoms with van der Waals surface area (Å²) >= 11 is 5.68. The fourth-order valence-electron chi connectivity index (χ4n) is 1.55. The highest BCUT2D eigenvalue weighted by Gasteiger charge is 2.04. The number of nitrogens with zero attached hydrogens (tertiary/aromatic N) is 4. The molecule has 2 aromatic rings. The third-order valence-corrected chi connectivity index (χ3v) is 2.49. The van der Waals surface area contributed by atoms with E-state index < -0.39 is 0 Å². The zero-order valence-corrected chi connectivity index (χ0v) is 9.85. The average Bonchev–Trinajstić information content (AvgIpc) is 2.70. The molecular formula is C11H13ClN4. The van der Waals surface area contributed by atoms with E-state index in [4.69, 9.17) is 11.6 Å². The van der Waals surface area contributed by atoms with Gasteiger partial charge < -0.3 is 4.57 Å². The second-order valence-corrected chi connectivity index (χ2v) is 3.95. The summed E-state index contributed by atoms with van der Waals surface area (Å²) < 4.78 is 2.14. The highest BCUT2D eigenvalue weighted by molar-refractivity contribution is 6.29. The molecule has 2 rings (SSSR count). The van der Waals surface area contributed by atoms with Crippen molar-refractivity contribution in [3.05, 3.63) is 41.2 Å². The zero-order chi connectivity index (χ0) is 11.4. The van der Waals surface area contributed by atoms with E-state index in [1.165, 1.54) is 0 Å². The smallest absolute Gasteiger partial charge is 0.151 e.